The average molecular weight is 377 g/mol. The van der Waals surface area contributed by atoms with E-state index in [1.807, 2.05) is 0 Å². The van der Waals surface area contributed by atoms with Crippen LogP contribution in [-0.4, -0.2) is 31.8 Å². The van der Waals surface area contributed by atoms with Crippen molar-refractivity contribution in [1.82, 2.24) is 0 Å². The second-order valence-corrected chi connectivity index (χ2v) is 9.07. The summed E-state index contributed by atoms with van der Waals surface area (Å²) < 4.78 is 36.9. The van der Waals surface area contributed by atoms with Crippen molar-refractivity contribution in [1.29, 1.82) is 0 Å². The van der Waals surface area contributed by atoms with E-state index in [1.54, 1.807) is 39.0 Å². The fourth-order valence-electron chi connectivity index (χ4n) is 2.99. The first-order valence-electron chi connectivity index (χ1n) is 8.21. The third-order valence-corrected chi connectivity index (χ3v) is 6.92. The van der Waals surface area contributed by atoms with Crippen LogP contribution in [0.1, 0.15) is 32.4 Å². The topological polar surface area (TPSA) is 98.9 Å². The molecule has 140 valence electrons. The molecule has 0 spiro atoms. The molecule has 0 aromatic heterocycles. The predicted octanol–water partition coefficient (Wildman–Crippen LogP) is 2.45. The Morgan fingerprint density at radius 2 is 1.77 bits per heavy atom. The minimum atomic E-state index is -3.77. The zero-order valence-electron chi connectivity index (χ0n) is 15.2. The number of aliphatic hydroxyl groups is 1. The molecule has 0 saturated carbocycles. The van der Waals surface area contributed by atoms with E-state index < -0.39 is 27.1 Å². The van der Waals surface area contributed by atoms with Crippen LogP contribution in [0.5, 0.6) is 11.5 Å². The molecule has 2 aromatic rings. The average Bonchev–Trinajstić information content (AvgIpc) is 2.60. The molecule has 2 atom stereocenters. The summed E-state index contributed by atoms with van der Waals surface area (Å²) in [4.78, 5) is 0.202. The van der Waals surface area contributed by atoms with Crippen molar-refractivity contribution < 1.29 is 23.0 Å². The molecule has 0 amide bonds. The van der Waals surface area contributed by atoms with E-state index in [2.05, 4.69) is 0 Å². The fourth-order valence-corrected chi connectivity index (χ4v) is 4.32. The number of methoxy groups -OCH3 is 1. The number of nitrogens with two attached hydrogens (primary N) is 1. The van der Waals surface area contributed by atoms with Gasteiger partial charge in [-0.1, -0.05) is 6.07 Å². The molecule has 0 bridgehead atoms. The molecule has 7 heteroatoms. The predicted molar refractivity (Wildman–Crippen MR) is 97.1 cm³/mol. The molecule has 2 unspecified atom stereocenters. The lowest BCUT2D eigenvalue weighted by Crippen LogP contribution is -2.60. The van der Waals surface area contributed by atoms with Gasteiger partial charge in [-0.25, -0.2) is 8.42 Å². The largest absolute Gasteiger partial charge is 0.497 e. The molecule has 3 rings (SSSR count). The molecule has 1 aliphatic rings. The number of ether oxygens (including phenoxy) is 2. The zero-order chi connectivity index (χ0) is 19.3. The fraction of sp³-hybridized carbons (Fsp3) is 0.368. The minimum absolute atomic E-state index is 0.0825. The van der Waals surface area contributed by atoms with Gasteiger partial charge in [-0.15, -0.1) is 0 Å². The second kappa shape index (κ2) is 5.97. The highest BCUT2D eigenvalue weighted by atomic mass is 32.2. The van der Waals surface area contributed by atoms with Gasteiger partial charge in [0, 0.05) is 5.56 Å². The van der Waals surface area contributed by atoms with E-state index in [-0.39, 0.29) is 9.79 Å². The maximum Gasteiger partial charge on any atom is 0.206 e. The number of hydrogen-bond donors (Lipinski definition) is 2. The van der Waals surface area contributed by atoms with Gasteiger partial charge in [0.2, 0.25) is 9.84 Å². The molecule has 0 saturated heterocycles. The minimum Gasteiger partial charge on any atom is -0.497 e. The first kappa shape index (κ1) is 18.7. The molecule has 26 heavy (non-hydrogen) atoms. The van der Waals surface area contributed by atoms with Gasteiger partial charge in [-0.2, -0.15) is 0 Å². The van der Waals surface area contributed by atoms with Crippen LogP contribution in [0, 0.1) is 0 Å². The van der Waals surface area contributed by atoms with Crippen molar-refractivity contribution in [3.8, 4) is 11.5 Å². The monoisotopic (exact) mass is 377 g/mol. The van der Waals surface area contributed by atoms with Crippen LogP contribution in [0.3, 0.4) is 0 Å². The lowest BCUT2D eigenvalue weighted by atomic mass is 9.76. The summed E-state index contributed by atoms with van der Waals surface area (Å²) >= 11 is 0. The molecule has 0 radical (unpaired) electrons. The third-order valence-electron chi connectivity index (χ3n) is 5.17. The maximum atomic E-state index is 13.0. The Hall–Kier alpha value is -2.09. The van der Waals surface area contributed by atoms with Crippen molar-refractivity contribution in [3.63, 3.8) is 0 Å². The third kappa shape index (κ3) is 2.76. The van der Waals surface area contributed by atoms with Gasteiger partial charge in [0.15, 0.2) is 0 Å². The van der Waals surface area contributed by atoms with E-state index in [0.717, 1.165) is 0 Å². The van der Waals surface area contributed by atoms with Gasteiger partial charge in [-0.05, 0) is 57.2 Å². The van der Waals surface area contributed by atoms with Crippen LogP contribution in [-0.2, 0) is 9.84 Å². The molecular weight excluding hydrogens is 354 g/mol. The maximum absolute atomic E-state index is 13.0. The Bertz CT molecular complexity index is 950. The number of fused-ring (bicyclic) bond motifs is 1. The summed E-state index contributed by atoms with van der Waals surface area (Å²) in [5.41, 5.74) is 4.44. The Labute approximate surface area is 153 Å². The van der Waals surface area contributed by atoms with Gasteiger partial charge in [-0.3, -0.25) is 0 Å². The molecule has 1 heterocycles. The second-order valence-electron chi connectivity index (χ2n) is 7.12. The molecular formula is C19H23NO5S. The van der Waals surface area contributed by atoms with Crippen LogP contribution < -0.4 is 15.2 Å². The van der Waals surface area contributed by atoms with E-state index in [1.165, 1.54) is 31.4 Å². The van der Waals surface area contributed by atoms with Crippen LogP contribution in [0.2, 0.25) is 0 Å². The Kier molecular flexibility index (Phi) is 4.29. The normalized spacial score (nSPS) is 24.5. The molecule has 0 aliphatic carbocycles. The molecule has 0 fully saturated rings. The smallest absolute Gasteiger partial charge is 0.206 e. The lowest BCUT2D eigenvalue weighted by Gasteiger charge is -2.48. The number of benzene rings is 2. The van der Waals surface area contributed by atoms with Crippen LogP contribution >= 0.6 is 0 Å². The number of sulfone groups is 1. The van der Waals surface area contributed by atoms with Crippen molar-refractivity contribution in [2.24, 2.45) is 5.73 Å². The van der Waals surface area contributed by atoms with Crippen LogP contribution in [0.4, 0.5) is 0 Å². The quantitative estimate of drug-likeness (QED) is 0.852. The van der Waals surface area contributed by atoms with E-state index in [4.69, 9.17) is 15.2 Å². The highest BCUT2D eigenvalue weighted by Crippen LogP contribution is 2.45. The van der Waals surface area contributed by atoms with Gasteiger partial charge in [0.05, 0.1) is 22.9 Å². The van der Waals surface area contributed by atoms with Crippen LogP contribution in [0.25, 0.3) is 0 Å². The standard InChI is InChI=1S/C19H23NO5S/c1-18(2)19(3,21)17(20)15-11-14(8-9-16(15)25-18)26(22,23)13-7-5-6-12(10-13)24-4/h5-11,17,21H,20H2,1-4H3. The summed E-state index contributed by atoms with van der Waals surface area (Å²) in [5.74, 6) is 0.923. The summed E-state index contributed by atoms with van der Waals surface area (Å²) in [6.07, 6.45) is 0. The summed E-state index contributed by atoms with van der Waals surface area (Å²) in [6, 6.07) is 10.0. The first-order valence-corrected chi connectivity index (χ1v) is 9.69. The molecule has 6 nitrogen and oxygen atoms in total. The molecule has 2 aromatic carbocycles. The number of rotatable bonds is 3. The lowest BCUT2D eigenvalue weighted by molar-refractivity contribution is -0.132. The van der Waals surface area contributed by atoms with Gasteiger partial charge < -0.3 is 20.3 Å². The highest BCUT2D eigenvalue weighted by Gasteiger charge is 2.51. The van der Waals surface area contributed by atoms with Gasteiger partial charge >= 0.3 is 0 Å². The van der Waals surface area contributed by atoms with E-state index in [9.17, 15) is 13.5 Å². The summed E-state index contributed by atoms with van der Waals surface area (Å²) in [6.45, 7) is 5.08. The van der Waals surface area contributed by atoms with E-state index in [0.29, 0.717) is 17.1 Å². The van der Waals surface area contributed by atoms with Crippen LogP contribution in [0.15, 0.2) is 52.3 Å². The van der Waals surface area contributed by atoms with Crippen molar-refractivity contribution in [2.45, 2.75) is 47.8 Å². The molecule has 3 N–H and O–H groups in total. The van der Waals surface area contributed by atoms with E-state index >= 15 is 0 Å². The summed E-state index contributed by atoms with van der Waals surface area (Å²) in [5, 5.41) is 10.8. The Balaban J connectivity index is 2.11. The number of hydrogen-bond acceptors (Lipinski definition) is 6. The van der Waals surface area contributed by atoms with Crippen molar-refractivity contribution in [2.75, 3.05) is 7.11 Å². The summed E-state index contributed by atoms with van der Waals surface area (Å²) in [7, 11) is -2.29. The highest BCUT2D eigenvalue weighted by molar-refractivity contribution is 7.91. The van der Waals surface area contributed by atoms with Gasteiger partial charge in [0.25, 0.3) is 0 Å². The molecule has 1 aliphatic heterocycles. The first-order chi connectivity index (χ1) is 12.0. The zero-order valence-corrected chi connectivity index (χ0v) is 16.0. The van der Waals surface area contributed by atoms with Gasteiger partial charge in [0.1, 0.15) is 22.7 Å². The van der Waals surface area contributed by atoms with Crippen molar-refractivity contribution in [3.05, 3.63) is 48.0 Å². The SMILES string of the molecule is COc1cccc(S(=O)(=O)c2ccc3c(c2)C(N)C(C)(O)C(C)(C)O3)c1. The van der Waals surface area contributed by atoms with Crippen molar-refractivity contribution >= 4 is 9.84 Å². The Morgan fingerprint density at radius 1 is 1.12 bits per heavy atom. The Morgan fingerprint density at radius 3 is 2.42 bits per heavy atom.